The molecule has 0 rings (SSSR count). The van der Waals surface area contributed by atoms with Crippen molar-refractivity contribution in [1.82, 2.24) is 0 Å². The largest absolute Gasteiger partial charge is 0.512 e. The van der Waals surface area contributed by atoms with Crippen LogP contribution in [0.4, 0.5) is 0 Å². The summed E-state index contributed by atoms with van der Waals surface area (Å²) < 4.78 is 0. The van der Waals surface area contributed by atoms with Crippen molar-refractivity contribution in [3.05, 3.63) is 11.3 Å². The van der Waals surface area contributed by atoms with Crippen LogP contribution in [0.3, 0.4) is 0 Å². The monoisotopic (exact) mass is 326 g/mol. The standard InChI is InChI=1S/C20H38O3/c1-3-4-5-6-7-8-9-10-11-12-13-14-15-16-17-19(21)18(2)20(22)23/h21H,3-17H2,1-2H3,(H,22,23). The first-order valence-electron chi connectivity index (χ1n) is 9.71. The van der Waals surface area contributed by atoms with Crippen LogP contribution in [0.2, 0.25) is 0 Å². The number of carboxylic acid groups (broad SMARTS) is 1. The minimum atomic E-state index is -1.02. The summed E-state index contributed by atoms with van der Waals surface area (Å²) in [5, 5.41) is 18.3. The number of aliphatic hydroxyl groups is 1. The molecule has 0 aromatic carbocycles. The number of aliphatic carboxylic acids is 1. The van der Waals surface area contributed by atoms with E-state index >= 15 is 0 Å². The Kier molecular flexibility index (Phi) is 15.2. The highest BCUT2D eigenvalue weighted by Gasteiger charge is 2.07. The van der Waals surface area contributed by atoms with E-state index in [4.69, 9.17) is 5.11 Å². The summed E-state index contributed by atoms with van der Waals surface area (Å²) in [5.74, 6) is -0.982. The number of aliphatic hydroxyl groups excluding tert-OH is 1. The van der Waals surface area contributed by atoms with E-state index in [1.807, 2.05) is 0 Å². The lowest BCUT2D eigenvalue weighted by atomic mass is 10.0. The Hall–Kier alpha value is -0.990. The Morgan fingerprint density at radius 2 is 1.00 bits per heavy atom. The summed E-state index contributed by atoms with van der Waals surface area (Å²) in [5.41, 5.74) is 0.0831. The lowest BCUT2D eigenvalue weighted by Gasteiger charge is -2.04. The second kappa shape index (κ2) is 15.9. The van der Waals surface area contributed by atoms with Gasteiger partial charge in [-0.3, -0.25) is 0 Å². The molecule has 0 bridgehead atoms. The molecule has 3 heteroatoms. The normalized spacial score (nSPS) is 12.3. The van der Waals surface area contributed by atoms with Crippen LogP contribution in [0.25, 0.3) is 0 Å². The minimum Gasteiger partial charge on any atom is -0.512 e. The van der Waals surface area contributed by atoms with Gasteiger partial charge in [0.1, 0.15) is 5.76 Å². The Balaban J connectivity index is 3.25. The molecule has 0 saturated heterocycles. The van der Waals surface area contributed by atoms with E-state index in [1.165, 1.54) is 84.0 Å². The summed E-state index contributed by atoms with van der Waals surface area (Å²) in [6.45, 7) is 3.72. The highest BCUT2D eigenvalue weighted by Crippen LogP contribution is 2.15. The molecule has 0 spiro atoms. The van der Waals surface area contributed by atoms with E-state index in [0.29, 0.717) is 6.42 Å². The second-order valence-electron chi connectivity index (χ2n) is 6.72. The van der Waals surface area contributed by atoms with Gasteiger partial charge in [0.05, 0.1) is 5.57 Å². The third kappa shape index (κ3) is 14.3. The number of rotatable bonds is 16. The maximum atomic E-state index is 10.7. The van der Waals surface area contributed by atoms with Crippen molar-refractivity contribution in [3.8, 4) is 0 Å². The van der Waals surface area contributed by atoms with Gasteiger partial charge in [0.2, 0.25) is 0 Å². The number of hydrogen-bond donors (Lipinski definition) is 2. The molecule has 0 atom stereocenters. The average molecular weight is 327 g/mol. The number of hydrogen-bond acceptors (Lipinski definition) is 2. The molecular weight excluding hydrogens is 288 g/mol. The Morgan fingerprint density at radius 3 is 1.35 bits per heavy atom. The Bertz CT molecular complexity index is 321. The van der Waals surface area contributed by atoms with E-state index < -0.39 is 5.97 Å². The van der Waals surface area contributed by atoms with Crippen LogP contribution in [-0.2, 0) is 4.79 Å². The highest BCUT2D eigenvalue weighted by molar-refractivity contribution is 5.86. The van der Waals surface area contributed by atoms with E-state index in [9.17, 15) is 9.90 Å². The van der Waals surface area contributed by atoms with Gasteiger partial charge in [-0.1, -0.05) is 90.4 Å². The molecule has 0 aliphatic heterocycles. The predicted molar refractivity (Wildman–Crippen MR) is 97.9 cm³/mol. The van der Waals surface area contributed by atoms with Gasteiger partial charge in [0.15, 0.2) is 0 Å². The minimum absolute atomic E-state index is 0.0384. The summed E-state index contributed by atoms with van der Waals surface area (Å²) in [6, 6.07) is 0. The zero-order valence-electron chi connectivity index (χ0n) is 15.4. The van der Waals surface area contributed by atoms with Crippen molar-refractivity contribution in [2.24, 2.45) is 0 Å². The highest BCUT2D eigenvalue weighted by atomic mass is 16.4. The average Bonchev–Trinajstić information content (AvgIpc) is 2.54. The molecule has 23 heavy (non-hydrogen) atoms. The first-order valence-corrected chi connectivity index (χ1v) is 9.71. The fraction of sp³-hybridized carbons (Fsp3) is 0.850. The molecule has 136 valence electrons. The maximum absolute atomic E-state index is 10.7. The molecule has 0 radical (unpaired) electrons. The molecule has 2 N–H and O–H groups in total. The molecular formula is C20H38O3. The van der Waals surface area contributed by atoms with Crippen molar-refractivity contribution in [2.45, 2.75) is 110 Å². The van der Waals surface area contributed by atoms with Crippen LogP contribution in [0.15, 0.2) is 11.3 Å². The number of carboxylic acids is 1. The molecule has 0 fully saturated rings. The van der Waals surface area contributed by atoms with Crippen molar-refractivity contribution >= 4 is 5.97 Å². The Labute approximate surface area is 143 Å². The molecule has 0 unspecified atom stereocenters. The number of unbranched alkanes of at least 4 members (excludes halogenated alkanes) is 13. The number of allylic oxidation sites excluding steroid dienone is 1. The zero-order chi connectivity index (χ0) is 17.3. The maximum Gasteiger partial charge on any atom is 0.334 e. The van der Waals surface area contributed by atoms with Crippen molar-refractivity contribution in [1.29, 1.82) is 0 Å². The summed E-state index contributed by atoms with van der Waals surface area (Å²) >= 11 is 0. The predicted octanol–water partition coefficient (Wildman–Crippen LogP) is 6.77. The lowest BCUT2D eigenvalue weighted by Crippen LogP contribution is -2.01. The quantitative estimate of drug-likeness (QED) is 0.187. The molecule has 0 amide bonds. The van der Waals surface area contributed by atoms with Gasteiger partial charge >= 0.3 is 5.97 Å². The first kappa shape index (κ1) is 22.0. The van der Waals surface area contributed by atoms with E-state index in [0.717, 1.165) is 12.8 Å². The molecule has 0 aromatic rings. The number of carbonyl (C=O) groups is 1. The van der Waals surface area contributed by atoms with Crippen LogP contribution >= 0.6 is 0 Å². The smallest absolute Gasteiger partial charge is 0.334 e. The summed E-state index contributed by atoms with van der Waals surface area (Å²) in [7, 11) is 0. The van der Waals surface area contributed by atoms with Gasteiger partial charge in [0.25, 0.3) is 0 Å². The third-order valence-corrected chi connectivity index (χ3v) is 4.52. The van der Waals surface area contributed by atoms with Crippen LogP contribution < -0.4 is 0 Å². The first-order chi connectivity index (χ1) is 11.1. The van der Waals surface area contributed by atoms with Crippen LogP contribution in [-0.4, -0.2) is 16.2 Å². The van der Waals surface area contributed by atoms with Gasteiger partial charge in [0, 0.05) is 6.42 Å². The molecule has 0 saturated carbocycles. The fourth-order valence-corrected chi connectivity index (χ4v) is 2.80. The topological polar surface area (TPSA) is 57.5 Å². The van der Waals surface area contributed by atoms with Crippen LogP contribution in [0.5, 0.6) is 0 Å². The van der Waals surface area contributed by atoms with Crippen LogP contribution in [0.1, 0.15) is 110 Å². The third-order valence-electron chi connectivity index (χ3n) is 4.52. The molecule has 0 aliphatic carbocycles. The van der Waals surface area contributed by atoms with Crippen molar-refractivity contribution in [2.75, 3.05) is 0 Å². The SMILES string of the molecule is CCCCCCCCCCCCCCCCC(O)=C(C)C(=O)O. The zero-order valence-corrected chi connectivity index (χ0v) is 15.4. The molecule has 3 nitrogen and oxygen atoms in total. The van der Waals surface area contributed by atoms with Gasteiger partial charge in [-0.05, 0) is 13.3 Å². The molecule has 0 heterocycles. The van der Waals surface area contributed by atoms with Gasteiger partial charge in [-0.25, -0.2) is 4.79 Å². The fourth-order valence-electron chi connectivity index (χ4n) is 2.80. The van der Waals surface area contributed by atoms with Crippen molar-refractivity contribution in [3.63, 3.8) is 0 Å². The van der Waals surface area contributed by atoms with Gasteiger partial charge < -0.3 is 10.2 Å². The summed E-state index contributed by atoms with van der Waals surface area (Å²) in [4.78, 5) is 10.7. The van der Waals surface area contributed by atoms with E-state index in [2.05, 4.69) is 6.92 Å². The van der Waals surface area contributed by atoms with Crippen molar-refractivity contribution < 1.29 is 15.0 Å². The Morgan fingerprint density at radius 1 is 0.652 bits per heavy atom. The van der Waals surface area contributed by atoms with Crippen LogP contribution in [0, 0.1) is 0 Å². The second-order valence-corrected chi connectivity index (χ2v) is 6.72. The van der Waals surface area contributed by atoms with E-state index in [1.54, 1.807) is 0 Å². The lowest BCUT2D eigenvalue weighted by molar-refractivity contribution is -0.132. The molecule has 0 aromatic heterocycles. The van der Waals surface area contributed by atoms with Gasteiger partial charge in [-0.15, -0.1) is 0 Å². The molecule has 0 aliphatic rings. The summed E-state index contributed by atoms with van der Waals surface area (Å²) in [6.07, 6.45) is 18.7. The van der Waals surface area contributed by atoms with E-state index in [-0.39, 0.29) is 11.3 Å². The van der Waals surface area contributed by atoms with Gasteiger partial charge in [-0.2, -0.15) is 0 Å².